The molecule has 0 aliphatic carbocycles. The lowest BCUT2D eigenvalue weighted by Gasteiger charge is -2.10. The van der Waals surface area contributed by atoms with Crippen LogP contribution in [0.5, 0.6) is 5.88 Å². The number of hydrogen-bond donors (Lipinski definition) is 2. The summed E-state index contributed by atoms with van der Waals surface area (Å²) in [4.78, 5) is 8.05. The highest BCUT2D eigenvalue weighted by molar-refractivity contribution is 5.77. The molecule has 0 radical (unpaired) electrons. The molecule has 5 nitrogen and oxygen atoms in total. The van der Waals surface area contributed by atoms with Crippen LogP contribution in [0, 0.1) is 5.92 Å². The van der Waals surface area contributed by atoms with E-state index in [0.29, 0.717) is 17.4 Å². The lowest BCUT2D eigenvalue weighted by atomic mass is 10.2. The Hall–Kier alpha value is -1.92. The van der Waals surface area contributed by atoms with Crippen molar-refractivity contribution in [2.24, 2.45) is 16.6 Å². The zero-order chi connectivity index (χ0) is 15.0. The van der Waals surface area contributed by atoms with Crippen molar-refractivity contribution in [3.63, 3.8) is 0 Å². The maximum Gasteiger partial charge on any atom is 0.272 e. The third-order valence-electron chi connectivity index (χ3n) is 2.31. The van der Waals surface area contributed by atoms with E-state index >= 15 is 0 Å². The van der Waals surface area contributed by atoms with Crippen molar-refractivity contribution in [3.8, 4) is 5.88 Å². The van der Waals surface area contributed by atoms with Crippen LogP contribution in [0.3, 0.4) is 0 Å². The van der Waals surface area contributed by atoms with E-state index in [1.165, 1.54) is 6.20 Å². The first-order valence-corrected chi connectivity index (χ1v) is 6.37. The van der Waals surface area contributed by atoms with Gasteiger partial charge in [0.15, 0.2) is 12.6 Å². The Morgan fingerprint density at radius 3 is 2.90 bits per heavy atom. The number of ether oxygens (including phenoxy) is 1. The highest BCUT2D eigenvalue weighted by Gasteiger charge is 2.08. The standard InChI is InChI=1S/C13H20F2N4O/c1-9(2)6-18-13(16)19-7-10-4-3-5-17-12(10)20-8-11(14)15/h3-5,9,11H,6-8H2,1-2H3,(H3,16,18,19). The average molecular weight is 286 g/mol. The van der Waals surface area contributed by atoms with Crippen LogP contribution < -0.4 is 15.8 Å². The van der Waals surface area contributed by atoms with Crippen LogP contribution in [0.15, 0.2) is 23.3 Å². The smallest absolute Gasteiger partial charge is 0.272 e. The molecule has 1 aromatic rings. The number of guanidine groups is 1. The summed E-state index contributed by atoms with van der Waals surface area (Å²) in [5.74, 6) is 0.919. The van der Waals surface area contributed by atoms with Gasteiger partial charge in [-0.15, -0.1) is 0 Å². The van der Waals surface area contributed by atoms with Crippen LogP contribution in [0.4, 0.5) is 8.78 Å². The predicted molar refractivity (Wildman–Crippen MR) is 73.9 cm³/mol. The summed E-state index contributed by atoms with van der Waals surface area (Å²) in [5, 5.41) is 2.97. The van der Waals surface area contributed by atoms with Gasteiger partial charge in [-0.1, -0.05) is 19.9 Å². The molecule has 0 unspecified atom stereocenters. The minimum atomic E-state index is -2.54. The van der Waals surface area contributed by atoms with Crippen LogP contribution in [-0.2, 0) is 6.54 Å². The lowest BCUT2D eigenvalue weighted by molar-refractivity contribution is 0.0791. The van der Waals surface area contributed by atoms with Gasteiger partial charge in [-0.05, 0) is 12.0 Å². The van der Waals surface area contributed by atoms with E-state index < -0.39 is 13.0 Å². The maximum atomic E-state index is 12.1. The van der Waals surface area contributed by atoms with Crippen molar-refractivity contribution < 1.29 is 13.5 Å². The van der Waals surface area contributed by atoms with Gasteiger partial charge in [0.25, 0.3) is 6.43 Å². The van der Waals surface area contributed by atoms with Crippen molar-refractivity contribution in [3.05, 3.63) is 23.9 Å². The van der Waals surface area contributed by atoms with E-state index in [9.17, 15) is 8.78 Å². The number of aliphatic imine (C=N–C) groups is 1. The Morgan fingerprint density at radius 1 is 1.50 bits per heavy atom. The summed E-state index contributed by atoms with van der Waals surface area (Å²) in [6.45, 7) is 4.37. The molecule has 0 saturated heterocycles. The summed E-state index contributed by atoms with van der Waals surface area (Å²) in [6.07, 6.45) is -1.06. The molecule has 0 aliphatic heterocycles. The van der Waals surface area contributed by atoms with Gasteiger partial charge in [0, 0.05) is 18.3 Å². The highest BCUT2D eigenvalue weighted by Crippen LogP contribution is 2.16. The molecule has 0 saturated carbocycles. The third-order valence-corrected chi connectivity index (χ3v) is 2.31. The fraction of sp³-hybridized carbons (Fsp3) is 0.538. The number of alkyl halides is 2. The fourth-order valence-electron chi connectivity index (χ4n) is 1.35. The van der Waals surface area contributed by atoms with Crippen LogP contribution in [-0.4, -0.2) is 30.5 Å². The topological polar surface area (TPSA) is 72.5 Å². The predicted octanol–water partition coefficient (Wildman–Crippen LogP) is 1.79. The second-order valence-corrected chi connectivity index (χ2v) is 4.65. The SMILES string of the molecule is CC(C)CNC(N)=NCc1cccnc1OCC(F)F. The van der Waals surface area contributed by atoms with Crippen LogP contribution in [0.1, 0.15) is 19.4 Å². The number of halogens is 2. The summed E-state index contributed by atoms with van der Waals surface area (Å²) < 4.78 is 29.2. The number of aromatic nitrogens is 1. The lowest BCUT2D eigenvalue weighted by Crippen LogP contribution is -2.34. The van der Waals surface area contributed by atoms with Crippen molar-refractivity contribution in [2.75, 3.05) is 13.2 Å². The van der Waals surface area contributed by atoms with Crippen LogP contribution in [0.2, 0.25) is 0 Å². The monoisotopic (exact) mass is 286 g/mol. The average Bonchev–Trinajstić information content (AvgIpc) is 2.41. The van der Waals surface area contributed by atoms with E-state index in [4.69, 9.17) is 10.5 Å². The van der Waals surface area contributed by atoms with E-state index in [2.05, 4.69) is 29.1 Å². The Labute approximate surface area is 117 Å². The van der Waals surface area contributed by atoms with Crippen molar-refractivity contribution in [1.82, 2.24) is 10.3 Å². The molecule has 0 aromatic carbocycles. The molecule has 7 heteroatoms. The first-order valence-electron chi connectivity index (χ1n) is 6.37. The zero-order valence-electron chi connectivity index (χ0n) is 11.6. The Kier molecular flexibility index (Phi) is 6.69. The molecule has 3 N–H and O–H groups in total. The molecule has 112 valence electrons. The van der Waals surface area contributed by atoms with Gasteiger partial charge >= 0.3 is 0 Å². The molecule has 0 bridgehead atoms. The van der Waals surface area contributed by atoms with Gasteiger partial charge in [0.1, 0.15) is 0 Å². The Morgan fingerprint density at radius 2 is 2.25 bits per heavy atom. The number of rotatable bonds is 7. The number of nitrogens with zero attached hydrogens (tertiary/aromatic N) is 2. The number of nitrogens with one attached hydrogen (secondary N) is 1. The van der Waals surface area contributed by atoms with Gasteiger partial charge in [0.05, 0.1) is 6.54 Å². The van der Waals surface area contributed by atoms with Crippen LogP contribution >= 0.6 is 0 Å². The molecule has 0 fully saturated rings. The first-order chi connectivity index (χ1) is 9.49. The molecule has 1 rings (SSSR count). The molecule has 1 aromatic heterocycles. The van der Waals surface area contributed by atoms with Gasteiger partial charge in [-0.2, -0.15) is 0 Å². The van der Waals surface area contributed by atoms with Gasteiger partial charge in [0.2, 0.25) is 5.88 Å². The van der Waals surface area contributed by atoms with E-state index in [-0.39, 0.29) is 12.4 Å². The second kappa shape index (κ2) is 8.29. The minimum absolute atomic E-state index is 0.160. The molecule has 20 heavy (non-hydrogen) atoms. The zero-order valence-corrected chi connectivity index (χ0v) is 11.6. The molecule has 0 amide bonds. The molecule has 0 spiro atoms. The molecule has 0 atom stereocenters. The molecule has 0 aliphatic rings. The highest BCUT2D eigenvalue weighted by atomic mass is 19.3. The number of pyridine rings is 1. The van der Waals surface area contributed by atoms with Crippen LogP contribution in [0.25, 0.3) is 0 Å². The largest absolute Gasteiger partial charge is 0.471 e. The van der Waals surface area contributed by atoms with Crippen molar-refractivity contribution in [2.45, 2.75) is 26.8 Å². The molecular weight excluding hydrogens is 266 g/mol. The molecular formula is C13H20F2N4O. The van der Waals surface area contributed by atoms with E-state index in [0.717, 1.165) is 6.54 Å². The summed E-state index contributed by atoms with van der Waals surface area (Å²) in [7, 11) is 0. The van der Waals surface area contributed by atoms with E-state index in [1.54, 1.807) is 12.1 Å². The maximum absolute atomic E-state index is 12.1. The second-order valence-electron chi connectivity index (χ2n) is 4.65. The summed E-state index contributed by atoms with van der Waals surface area (Å²) in [6, 6.07) is 3.41. The number of nitrogens with two attached hydrogens (primary N) is 1. The van der Waals surface area contributed by atoms with Crippen molar-refractivity contribution >= 4 is 5.96 Å². The third kappa shape index (κ3) is 6.31. The van der Waals surface area contributed by atoms with Gasteiger partial charge in [-0.3, -0.25) is 0 Å². The van der Waals surface area contributed by atoms with Gasteiger partial charge in [-0.25, -0.2) is 18.8 Å². The minimum Gasteiger partial charge on any atom is -0.471 e. The number of hydrogen-bond acceptors (Lipinski definition) is 3. The quantitative estimate of drug-likeness (QED) is 0.592. The first kappa shape index (κ1) is 16.1. The van der Waals surface area contributed by atoms with Crippen molar-refractivity contribution in [1.29, 1.82) is 0 Å². The summed E-state index contributed by atoms with van der Waals surface area (Å²) >= 11 is 0. The Bertz CT molecular complexity index is 438. The fourth-order valence-corrected chi connectivity index (χ4v) is 1.35. The van der Waals surface area contributed by atoms with Gasteiger partial charge < -0.3 is 15.8 Å². The summed E-state index contributed by atoms with van der Waals surface area (Å²) in [5.41, 5.74) is 6.31. The molecule has 1 heterocycles. The van der Waals surface area contributed by atoms with E-state index in [1.807, 2.05) is 0 Å². The Balaban J connectivity index is 2.60. The normalized spacial score (nSPS) is 12.0.